The molecule has 0 spiro atoms. The Morgan fingerprint density at radius 1 is 0.957 bits per heavy atom. The van der Waals surface area contributed by atoms with Crippen LogP contribution in [0, 0.1) is 6.92 Å². The molecule has 1 aromatic heterocycles. The molecule has 0 fully saturated rings. The normalized spacial score (nSPS) is 12.3. The highest BCUT2D eigenvalue weighted by Gasteiger charge is 2.35. The van der Waals surface area contributed by atoms with Gasteiger partial charge in [0, 0.05) is 17.7 Å². The number of carbonyl (C=O) groups is 2. The fraction of sp³-hybridized carbons (Fsp3) is 0.226. The molecule has 3 aromatic carbocycles. The first kappa shape index (κ1) is 33.7. The van der Waals surface area contributed by atoms with Crippen LogP contribution in [-0.2, 0) is 21.0 Å². The number of amides is 2. The SMILES string of the molecule is Cc1ccc(-c2cc(C(F)(F)F)nn2-c2ccc(S(=O)(=O)NC(=O)C(CCCCN=C(N)N)NC(=O)c3ccccc3)cc2)cc1. The molecule has 15 heteroatoms. The Morgan fingerprint density at radius 3 is 2.22 bits per heavy atom. The summed E-state index contributed by atoms with van der Waals surface area (Å²) in [5, 5.41) is 6.30. The third-order valence-electron chi connectivity index (χ3n) is 6.83. The van der Waals surface area contributed by atoms with Gasteiger partial charge in [0.15, 0.2) is 11.7 Å². The van der Waals surface area contributed by atoms with Crippen molar-refractivity contribution in [1.82, 2.24) is 19.8 Å². The topological polar surface area (TPSA) is 175 Å². The van der Waals surface area contributed by atoms with E-state index in [0.717, 1.165) is 28.4 Å². The number of benzene rings is 3. The van der Waals surface area contributed by atoms with E-state index < -0.39 is 39.7 Å². The van der Waals surface area contributed by atoms with Crippen LogP contribution in [0.25, 0.3) is 16.9 Å². The minimum Gasteiger partial charge on any atom is -0.370 e. The van der Waals surface area contributed by atoms with E-state index in [1.54, 1.807) is 54.6 Å². The number of alkyl halides is 3. The molecule has 2 amide bonds. The minimum atomic E-state index is -4.71. The highest BCUT2D eigenvalue weighted by Crippen LogP contribution is 2.33. The number of hydrogen-bond acceptors (Lipinski definition) is 6. The number of aliphatic imine (C=N–C) groups is 1. The Kier molecular flexibility index (Phi) is 10.5. The van der Waals surface area contributed by atoms with Gasteiger partial charge in [-0.1, -0.05) is 48.0 Å². The van der Waals surface area contributed by atoms with Gasteiger partial charge in [0.25, 0.3) is 21.8 Å². The van der Waals surface area contributed by atoms with Crippen LogP contribution in [0.5, 0.6) is 0 Å². The Balaban J connectivity index is 1.55. The van der Waals surface area contributed by atoms with Crippen LogP contribution >= 0.6 is 0 Å². The average Bonchev–Trinajstić information content (AvgIpc) is 3.47. The van der Waals surface area contributed by atoms with Gasteiger partial charge in [-0.15, -0.1) is 0 Å². The fourth-order valence-electron chi connectivity index (χ4n) is 4.44. The standard InChI is InChI=1S/C31H32F3N7O4S/c1-20-10-12-21(13-11-20)26-19-27(31(32,33)34)39-41(26)23-14-16-24(17-15-23)46(44,45)40-29(43)25(9-5-6-18-37-30(35)36)38-28(42)22-7-3-2-4-8-22/h2-4,7-8,10-17,19,25H,5-6,9,18H2,1H3,(H,38,42)(H,40,43)(H4,35,36,37). The molecular formula is C31H32F3N7O4S. The molecule has 1 heterocycles. The molecule has 6 N–H and O–H groups in total. The van der Waals surface area contributed by atoms with E-state index >= 15 is 0 Å². The second-order valence-corrected chi connectivity index (χ2v) is 12.0. The van der Waals surface area contributed by atoms with Crippen molar-refractivity contribution in [2.45, 2.75) is 43.3 Å². The number of rotatable bonds is 12. The Morgan fingerprint density at radius 2 is 1.61 bits per heavy atom. The molecular weight excluding hydrogens is 623 g/mol. The number of halogens is 3. The zero-order chi connectivity index (χ0) is 33.5. The van der Waals surface area contributed by atoms with Gasteiger partial charge < -0.3 is 16.8 Å². The number of nitrogens with one attached hydrogen (secondary N) is 2. The van der Waals surface area contributed by atoms with Crippen LogP contribution in [-0.4, -0.2) is 48.6 Å². The largest absolute Gasteiger partial charge is 0.435 e. The monoisotopic (exact) mass is 655 g/mol. The summed E-state index contributed by atoms with van der Waals surface area (Å²) in [6.45, 7) is 2.12. The zero-order valence-electron chi connectivity index (χ0n) is 24.7. The van der Waals surface area contributed by atoms with E-state index in [2.05, 4.69) is 15.4 Å². The number of unbranched alkanes of at least 4 members (excludes halogenated alkanes) is 1. The molecule has 0 aliphatic carbocycles. The molecule has 242 valence electrons. The molecule has 46 heavy (non-hydrogen) atoms. The number of aromatic nitrogens is 2. The van der Waals surface area contributed by atoms with Crippen molar-refractivity contribution in [3.63, 3.8) is 0 Å². The molecule has 0 saturated carbocycles. The van der Waals surface area contributed by atoms with E-state index in [0.29, 0.717) is 18.4 Å². The lowest BCUT2D eigenvalue weighted by Crippen LogP contribution is -2.48. The Bertz CT molecular complexity index is 1800. The predicted molar refractivity (Wildman–Crippen MR) is 166 cm³/mol. The fourth-order valence-corrected chi connectivity index (χ4v) is 5.46. The first-order chi connectivity index (χ1) is 21.7. The highest BCUT2D eigenvalue weighted by molar-refractivity contribution is 7.90. The molecule has 11 nitrogen and oxygen atoms in total. The number of carbonyl (C=O) groups excluding carboxylic acids is 2. The van der Waals surface area contributed by atoms with Gasteiger partial charge in [0.1, 0.15) is 6.04 Å². The minimum absolute atomic E-state index is 0.0848. The number of nitrogens with two attached hydrogens (primary N) is 2. The molecule has 0 aliphatic rings. The summed E-state index contributed by atoms with van der Waals surface area (Å²) >= 11 is 0. The van der Waals surface area contributed by atoms with Crippen LogP contribution in [0.1, 0.15) is 40.9 Å². The van der Waals surface area contributed by atoms with Crippen LogP contribution in [0.2, 0.25) is 0 Å². The zero-order valence-corrected chi connectivity index (χ0v) is 25.5. The van der Waals surface area contributed by atoms with Crippen LogP contribution < -0.4 is 21.5 Å². The molecule has 1 atom stereocenters. The summed E-state index contributed by atoms with van der Waals surface area (Å²) in [4.78, 5) is 29.5. The van der Waals surface area contributed by atoms with Gasteiger partial charge in [-0.25, -0.2) is 17.8 Å². The van der Waals surface area contributed by atoms with Gasteiger partial charge in [0.2, 0.25) is 0 Å². The van der Waals surface area contributed by atoms with Crippen molar-refractivity contribution >= 4 is 27.8 Å². The summed E-state index contributed by atoms with van der Waals surface area (Å²) in [5.74, 6) is -1.64. The predicted octanol–water partition coefficient (Wildman–Crippen LogP) is 3.91. The van der Waals surface area contributed by atoms with Gasteiger partial charge in [-0.2, -0.15) is 18.3 Å². The summed E-state index contributed by atoms with van der Waals surface area (Å²) in [7, 11) is -4.45. The lowest BCUT2D eigenvalue weighted by Gasteiger charge is -2.19. The van der Waals surface area contributed by atoms with Crippen molar-refractivity contribution in [2.75, 3.05) is 6.54 Å². The summed E-state index contributed by atoms with van der Waals surface area (Å²) in [6.07, 6.45) is -3.78. The molecule has 1 unspecified atom stereocenters. The Hall–Kier alpha value is -5.18. The highest BCUT2D eigenvalue weighted by atomic mass is 32.2. The number of hydrogen-bond donors (Lipinski definition) is 4. The van der Waals surface area contributed by atoms with E-state index in [1.807, 2.05) is 11.6 Å². The second kappa shape index (κ2) is 14.3. The third-order valence-corrected chi connectivity index (χ3v) is 8.19. The van der Waals surface area contributed by atoms with Crippen LogP contribution in [0.4, 0.5) is 13.2 Å². The van der Waals surface area contributed by atoms with Crippen molar-refractivity contribution in [1.29, 1.82) is 0 Å². The van der Waals surface area contributed by atoms with Crippen molar-refractivity contribution in [3.8, 4) is 16.9 Å². The molecule has 0 saturated heterocycles. The van der Waals surface area contributed by atoms with E-state index in [4.69, 9.17) is 11.5 Å². The van der Waals surface area contributed by atoms with Crippen molar-refractivity contribution < 1.29 is 31.2 Å². The van der Waals surface area contributed by atoms with Gasteiger partial charge in [0.05, 0.1) is 16.3 Å². The van der Waals surface area contributed by atoms with E-state index in [1.165, 1.54) is 12.1 Å². The molecule has 0 aliphatic heterocycles. The van der Waals surface area contributed by atoms with Crippen molar-refractivity contribution in [2.24, 2.45) is 16.5 Å². The molecule has 0 radical (unpaired) electrons. The lowest BCUT2D eigenvalue weighted by atomic mass is 10.1. The summed E-state index contributed by atoms with van der Waals surface area (Å²) in [5.41, 5.74) is 11.5. The number of nitrogens with zero attached hydrogens (tertiary/aromatic N) is 3. The van der Waals surface area contributed by atoms with E-state index in [9.17, 15) is 31.2 Å². The average molecular weight is 656 g/mol. The van der Waals surface area contributed by atoms with Gasteiger partial charge in [-0.3, -0.25) is 14.6 Å². The first-order valence-electron chi connectivity index (χ1n) is 14.1. The maximum Gasteiger partial charge on any atom is 0.435 e. The molecule has 4 rings (SSSR count). The molecule has 0 bridgehead atoms. The maximum atomic E-state index is 13.6. The summed E-state index contributed by atoms with van der Waals surface area (Å²) < 4.78 is 70.2. The van der Waals surface area contributed by atoms with Crippen LogP contribution in [0.3, 0.4) is 0 Å². The smallest absolute Gasteiger partial charge is 0.370 e. The van der Waals surface area contributed by atoms with Gasteiger partial charge >= 0.3 is 6.18 Å². The van der Waals surface area contributed by atoms with Crippen LogP contribution in [0.15, 0.2) is 94.8 Å². The van der Waals surface area contributed by atoms with E-state index in [-0.39, 0.29) is 40.8 Å². The third kappa shape index (κ3) is 8.72. The van der Waals surface area contributed by atoms with Gasteiger partial charge in [-0.05, 0) is 68.7 Å². The quantitative estimate of drug-likeness (QED) is 0.102. The van der Waals surface area contributed by atoms with Crippen molar-refractivity contribution in [3.05, 3.63) is 102 Å². The maximum absolute atomic E-state index is 13.6. The number of sulfonamides is 1. The second-order valence-electron chi connectivity index (χ2n) is 10.3. The lowest BCUT2D eigenvalue weighted by molar-refractivity contribution is -0.141. The summed E-state index contributed by atoms with van der Waals surface area (Å²) in [6, 6.07) is 19.4. The number of aryl methyl sites for hydroxylation is 1. The number of guanidine groups is 1. The molecule has 4 aromatic rings. The first-order valence-corrected chi connectivity index (χ1v) is 15.6. The Labute approximate surface area is 263 Å².